The Bertz CT molecular complexity index is 786. The first kappa shape index (κ1) is 24.0. The van der Waals surface area contributed by atoms with Crippen molar-refractivity contribution in [2.45, 2.75) is 32.1 Å². The molecule has 1 aliphatic rings. The molecule has 3 heteroatoms. The average molecular weight is 475 g/mol. The summed E-state index contributed by atoms with van der Waals surface area (Å²) in [6.07, 6.45) is 7.32. The van der Waals surface area contributed by atoms with Crippen LogP contribution in [0.25, 0.3) is 21.5 Å². The van der Waals surface area contributed by atoms with Gasteiger partial charge in [0, 0.05) is 0 Å². The molecule has 1 aliphatic carbocycles. The fourth-order valence-electron chi connectivity index (χ4n) is 3.12. The fraction of sp³-hybridized carbons (Fsp3) is 0.208. The van der Waals surface area contributed by atoms with E-state index < -0.39 is 0 Å². The number of fused-ring (bicyclic) bond motifs is 2. The van der Waals surface area contributed by atoms with Gasteiger partial charge in [-0.05, 0) is 0 Å². The topological polar surface area (TPSA) is 0 Å². The molecule has 1 fully saturated rings. The second-order valence-corrected chi connectivity index (χ2v) is 8.21. The first-order valence-corrected chi connectivity index (χ1v) is 10.3. The third-order valence-electron chi connectivity index (χ3n) is 4.55. The first-order chi connectivity index (χ1) is 12.3. The van der Waals surface area contributed by atoms with Crippen LogP contribution in [0.5, 0.6) is 0 Å². The van der Waals surface area contributed by atoms with Crippen LogP contribution in [0.4, 0.5) is 0 Å². The fourth-order valence-corrected chi connectivity index (χ4v) is 3.99. The zero-order valence-corrected chi connectivity index (χ0v) is 19.3. The third kappa shape index (κ3) is 7.86. The monoisotopic (exact) mass is 472 g/mol. The number of hydrogen-bond acceptors (Lipinski definition) is 0. The molecule has 0 unspecified atom stereocenters. The van der Waals surface area contributed by atoms with Crippen LogP contribution in [0.1, 0.15) is 32.1 Å². The van der Waals surface area contributed by atoms with Crippen molar-refractivity contribution in [3.8, 4) is 0 Å². The van der Waals surface area contributed by atoms with Gasteiger partial charge in [0.1, 0.15) is 0 Å². The molecule has 0 aliphatic heterocycles. The van der Waals surface area contributed by atoms with E-state index in [1.165, 1.54) is 53.6 Å². The van der Waals surface area contributed by atoms with Gasteiger partial charge in [0.2, 0.25) is 0 Å². The van der Waals surface area contributed by atoms with Gasteiger partial charge in [-0.2, -0.15) is 35.0 Å². The van der Waals surface area contributed by atoms with Crippen molar-refractivity contribution in [2.75, 3.05) is 0 Å². The van der Waals surface area contributed by atoms with Gasteiger partial charge >= 0.3 is 59.5 Å². The van der Waals surface area contributed by atoms with E-state index in [0.717, 1.165) is 0 Å². The minimum absolute atomic E-state index is 0. The van der Waals surface area contributed by atoms with Crippen LogP contribution < -0.4 is 24.8 Å². The summed E-state index contributed by atoms with van der Waals surface area (Å²) in [6.45, 7) is 0. The summed E-state index contributed by atoms with van der Waals surface area (Å²) in [7, 11) is 0. The van der Waals surface area contributed by atoms with Crippen molar-refractivity contribution in [3.63, 3.8) is 0 Å². The van der Waals surface area contributed by atoms with Crippen molar-refractivity contribution in [3.05, 3.63) is 84.9 Å². The molecule has 0 bridgehead atoms. The van der Waals surface area contributed by atoms with E-state index in [-0.39, 0.29) is 24.8 Å². The number of benzene rings is 2. The van der Waals surface area contributed by atoms with E-state index in [0.29, 0.717) is 0 Å². The average Bonchev–Trinajstić information content (AvgIpc) is 3.32. The van der Waals surface area contributed by atoms with Crippen molar-refractivity contribution in [2.24, 2.45) is 0 Å². The quantitative estimate of drug-likeness (QED) is 0.331. The molecule has 0 saturated heterocycles. The molecule has 1 saturated carbocycles. The number of hydrogen-bond donors (Lipinski definition) is 0. The minimum Gasteiger partial charge on any atom is -0.168 e. The largest absolute Gasteiger partial charge is 0.168 e. The Hall–Kier alpha value is -1.01. The summed E-state index contributed by atoms with van der Waals surface area (Å²) in [5, 5.41) is 5.32. The summed E-state index contributed by atoms with van der Waals surface area (Å²) in [6, 6.07) is 29.3. The molecular weight excluding hydrogens is 450 g/mol. The van der Waals surface area contributed by atoms with E-state index in [1.54, 1.807) is 27.4 Å². The molecule has 0 amide bonds. The maximum atomic E-state index is 2.12. The van der Waals surface area contributed by atoms with E-state index in [4.69, 9.17) is 0 Å². The van der Waals surface area contributed by atoms with Gasteiger partial charge in [0.15, 0.2) is 0 Å². The molecule has 140 valence electrons. The van der Waals surface area contributed by atoms with Crippen LogP contribution in [-0.2, 0) is 24.2 Å². The second kappa shape index (κ2) is 13.2. The predicted molar refractivity (Wildman–Crippen MR) is 107 cm³/mol. The third-order valence-corrected chi connectivity index (χ3v) is 5.78. The summed E-state index contributed by atoms with van der Waals surface area (Å²) in [4.78, 5) is 0. The Balaban J connectivity index is 0.000000197. The Morgan fingerprint density at radius 1 is 0.593 bits per heavy atom. The molecule has 0 heterocycles. The normalized spacial score (nSPS) is 12.7. The SMILES string of the molecule is [Cl-].[Cl-].[Zr+2]=[C]1CCCCC1.c1ccc2[cH-]ccc2c1.c1ccc2[cH-]ccc2c1. The Morgan fingerprint density at radius 2 is 1.04 bits per heavy atom. The van der Waals surface area contributed by atoms with Crippen molar-refractivity contribution in [1.82, 2.24) is 0 Å². The summed E-state index contributed by atoms with van der Waals surface area (Å²) in [5.41, 5.74) is 0. The van der Waals surface area contributed by atoms with Crippen LogP contribution in [0.3, 0.4) is 0 Å². The Labute approximate surface area is 189 Å². The smallest absolute Gasteiger partial charge is 0.0809 e. The van der Waals surface area contributed by atoms with Crippen molar-refractivity contribution in [1.29, 1.82) is 0 Å². The first-order valence-electron chi connectivity index (χ1n) is 9.10. The summed E-state index contributed by atoms with van der Waals surface area (Å²) < 4.78 is 1.80. The van der Waals surface area contributed by atoms with Gasteiger partial charge in [-0.3, -0.25) is 0 Å². The van der Waals surface area contributed by atoms with Crippen molar-refractivity contribution >= 4 is 24.8 Å². The molecule has 0 nitrogen and oxygen atoms in total. The van der Waals surface area contributed by atoms with Gasteiger partial charge in [-0.15, -0.1) is 59.3 Å². The molecule has 0 spiro atoms. The second-order valence-electron chi connectivity index (χ2n) is 6.47. The summed E-state index contributed by atoms with van der Waals surface area (Å²) >= 11 is 1.69. The van der Waals surface area contributed by atoms with Gasteiger partial charge in [0.05, 0.1) is 0 Å². The van der Waals surface area contributed by atoms with Gasteiger partial charge < -0.3 is 24.8 Å². The van der Waals surface area contributed by atoms with Crippen LogP contribution in [0.2, 0.25) is 0 Å². The van der Waals surface area contributed by atoms with Gasteiger partial charge in [0.25, 0.3) is 0 Å². The molecule has 0 atom stereocenters. The number of rotatable bonds is 0. The van der Waals surface area contributed by atoms with Crippen LogP contribution >= 0.6 is 0 Å². The predicted octanol–water partition coefficient (Wildman–Crippen LogP) is 0.795. The molecule has 0 radical (unpaired) electrons. The molecule has 4 aromatic rings. The Kier molecular flexibility index (Phi) is 11.8. The maximum Gasteiger partial charge on any atom is -0.0809 e. The van der Waals surface area contributed by atoms with Crippen LogP contribution in [0.15, 0.2) is 84.9 Å². The molecule has 4 aromatic carbocycles. The number of halogens is 2. The molecule has 0 N–H and O–H groups in total. The van der Waals surface area contributed by atoms with Crippen molar-refractivity contribution < 1.29 is 49.0 Å². The zero-order chi connectivity index (χ0) is 17.3. The van der Waals surface area contributed by atoms with E-state index in [1.807, 2.05) is 0 Å². The van der Waals surface area contributed by atoms with Crippen LogP contribution in [0, 0.1) is 0 Å². The van der Waals surface area contributed by atoms with Gasteiger partial charge in [-0.25, -0.2) is 0 Å². The molecule has 5 rings (SSSR count). The van der Waals surface area contributed by atoms with E-state index in [2.05, 4.69) is 84.9 Å². The minimum atomic E-state index is 0. The Morgan fingerprint density at radius 3 is 1.41 bits per heavy atom. The molecule has 0 aromatic heterocycles. The van der Waals surface area contributed by atoms with Crippen LogP contribution in [-0.4, -0.2) is 3.21 Å². The maximum absolute atomic E-state index is 2.12. The van der Waals surface area contributed by atoms with E-state index in [9.17, 15) is 0 Å². The summed E-state index contributed by atoms with van der Waals surface area (Å²) in [5.74, 6) is 0. The standard InChI is InChI=1S/2C9H7.C6H10.2ClH.Zr/c2*1-2-5-9-7-3-6-8(9)4-1;1-2-4-6-5-3-1;;;/h2*1-7H;1-5H2;2*1H;/q2*-1;;;;+2/p-2. The molecular formula is C24H24Cl2Zr-2. The van der Waals surface area contributed by atoms with Gasteiger partial charge in [-0.1, -0.05) is 12.1 Å². The zero-order valence-electron chi connectivity index (χ0n) is 15.4. The molecule has 27 heavy (non-hydrogen) atoms. The van der Waals surface area contributed by atoms with E-state index >= 15 is 0 Å².